The van der Waals surface area contributed by atoms with Crippen LogP contribution in [0.1, 0.15) is 11.3 Å². The first-order chi connectivity index (χ1) is 12.4. The van der Waals surface area contributed by atoms with E-state index in [1.807, 2.05) is 6.07 Å². The average Bonchev–Trinajstić information content (AvgIpc) is 2.98. The van der Waals surface area contributed by atoms with E-state index in [0.29, 0.717) is 44.0 Å². The molecule has 2 aromatic rings. The molecule has 0 N–H and O–H groups in total. The van der Waals surface area contributed by atoms with Crippen molar-refractivity contribution in [3.8, 4) is 0 Å². The fourth-order valence-corrected chi connectivity index (χ4v) is 2.99. The molecule has 1 aromatic heterocycles. The molecule has 8 nitrogen and oxygen atoms in total. The number of benzene rings is 1. The van der Waals surface area contributed by atoms with Gasteiger partial charge in [0.1, 0.15) is 12.4 Å². The first-order valence-corrected chi connectivity index (χ1v) is 8.36. The molecule has 1 fully saturated rings. The summed E-state index contributed by atoms with van der Waals surface area (Å²) in [7, 11) is 0. The summed E-state index contributed by atoms with van der Waals surface area (Å²) in [6, 6.07) is 8.03. The van der Waals surface area contributed by atoms with E-state index in [9.17, 15) is 19.3 Å². The number of carbonyl (C=O) groups excluding carboxylic acids is 1. The van der Waals surface area contributed by atoms with Crippen LogP contribution in [0.15, 0.2) is 30.3 Å². The second-order valence-corrected chi connectivity index (χ2v) is 6.31. The molecule has 0 aliphatic carbocycles. The van der Waals surface area contributed by atoms with Crippen LogP contribution >= 0.6 is 0 Å². The van der Waals surface area contributed by atoms with Crippen LogP contribution in [-0.4, -0.2) is 56.6 Å². The second-order valence-electron chi connectivity index (χ2n) is 6.31. The molecule has 0 unspecified atom stereocenters. The van der Waals surface area contributed by atoms with Crippen molar-refractivity contribution >= 4 is 11.7 Å². The van der Waals surface area contributed by atoms with E-state index in [0.717, 1.165) is 0 Å². The van der Waals surface area contributed by atoms with E-state index < -0.39 is 4.92 Å². The van der Waals surface area contributed by atoms with Crippen LogP contribution in [0.4, 0.5) is 10.2 Å². The van der Waals surface area contributed by atoms with Crippen molar-refractivity contribution in [3.63, 3.8) is 0 Å². The van der Waals surface area contributed by atoms with Crippen molar-refractivity contribution in [3.05, 3.63) is 57.5 Å². The van der Waals surface area contributed by atoms with E-state index in [4.69, 9.17) is 0 Å². The van der Waals surface area contributed by atoms with Crippen LogP contribution in [0.2, 0.25) is 0 Å². The Bertz CT molecular complexity index is 814. The number of aromatic nitrogens is 2. The molecule has 3 rings (SSSR count). The van der Waals surface area contributed by atoms with Crippen molar-refractivity contribution in [2.75, 3.05) is 26.2 Å². The Balaban J connectivity index is 1.54. The van der Waals surface area contributed by atoms with Gasteiger partial charge in [0.05, 0.1) is 16.9 Å². The predicted molar refractivity (Wildman–Crippen MR) is 91.9 cm³/mol. The lowest BCUT2D eigenvalue weighted by atomic mass is 10.2. The Kier molecular flexibility index (Phi) is 5.27. The Morgan fingerprint density at radius 3 is 2.58 bits per heavy atom. The average molecular weight is 361 g/mol. The van der Waals surface area contributed by atoms with Gasteiger partial charge in [0.2, 0.25) is 5.91 Å². The summed E-state index contributed by atoms with van der Waals surface area (Å²) in [5.74, 6) is -0.608. The first-order valence-electron chi connectivity index (χ1n) is 8.36. The first kappa shape index (κ1) is 18.0. The Morgan fingerprint density at radius 2 is 1.96 bits per heavy atom. The molecule has 0 bridgehead atoms. The Labute approximate surface area is 150 Å². The van der Waals surface area contributed by atoms with Gasteiger partial charge in [-0.1, -0.05) is 18.2 Å². The zero-order valence-corrected chi connectivity index (χ0v) is 14.5. The van der Waals surface area contributed by atoms with Gasteiger partial charge in [-0.2, -0.15) is 4.68 Å². The van der Waals surface area contributed by atoms with Crippen molar-refractivity contribution in [2.24, 2.45) is 0 Å². The molecule has 2 heterocycles. The molecule has 9 heteroatoms. The molecule has 1 aliphatic heterocycles. The van der Waals surface area contributed by atoms with E-state index in [1.165, 1.54) is 16.8 Å². The number of rotatable bonds is 5. The lowest BCUT2D eigenvalue weighted by molar-refractivity contribution is -0.389. The highest BCUT2D eigenvalue weighted by atomic mass is 19.1. The second kappa shape index (κ2) is 7.61. The van der Waals surface area contributed by atoms with Gasteiger partial charge in [0.25, 0.3) is 0 Å². The number of amides is 1. The highest BCUT2D eigenvalue weighted by molar-refractivity contribution is 5.76. The van der Waals surface area contributed by atoms with Crippen molar-refractivity contribution in [1.82, 2.24) is 19.6 Å². The maximum atomic E-state index is 13.7. The summed E-state index contributed by atoms with van der Waals surface area (Å²) < 4.78 is 15.1. The normalized spacial score (nSPS) is 15.2. The van der Waals surface area contributed by atoms with Gasteiger partial charge in [0, 0.05) is 38.3 Å². The number of carbonyl (C=O) groups is 1. The molecule has 26 heavy (non-hydrogen) atoms. The number of hydrogen-bond acceptors (Lipinski definition) is 5. The summed E-state index contributed by atoms with van der Waals surface area (Å²) in [5.41, 5.74) is 1.22. The zero-order valence-electron chi connectivity index (χ0n) is 14.5. The zero-order chi connectivity index (χ0) is 18.7. The van der Waals surface area contributed by atoms with Crippen LogP contribution in [0, 0.1) is 22.9 Å². The number of halogens is 1. The maximum Gasteiger partial charge on any atom is 0.390 e. The van der Waals surface area contributed by atoms with Gasteiger partial charge < -0.3 is 15.0 Å². The highest BCUT2D eigenvalue weighted by Crippen LogP contribution is 2.14. The van der Waals surface area contributed by atoms with Crippen LogP contribution in [0.5, 0.6) is 0 Å². The van der Waals surface area contributed by atoms with Crippen LogP contribution in [0.3, 0.4) is 0 Å². The molecule has 138 valence electrons. The molecule has 1 aromatic carbocycles. The molecule has 1 aliphatic rings. The maximum absolute atomic E-state index is 13.7. The van der Waals surface area contributed by atoms with Crippen LogP contribution < -0.4 is 0 Å². The fourth-order valence-electron chi connectivity index (χ4n) is 2.99. The number of nitrogens with zero attached hydrogens (tertiary/aromatic N) is 5. The quantitative estimate of drug-likeness (QED) is 0.596. The smallest absolute Gasteiger partial charge is 0.358 e. The third-order valence-corrected chi connectivity index (χ3v) is 4.52. The van der Waals surface area contributed by atoms with Crippen LogP contribution in [-0.2, 0) is 17.9 Å². The van der Waals surface area contributed by atoms with Crippen molar-refractivity contribution in [1.29, 1.82) is 0 Å². The summed E-state index contributed by atoms with van der Waals surface area (Å²) in [6.07, 6.45) is 0. The lowest BCUT2D eigenvalue weighted by Gasteiger charge is -2.34. The molecule has 1 saturated heterocycles. The lowest BCUT2D eigenvalue weighted by Crippen LogP contribution is -2.49. The standard InChI is InChI=1S/C17H20FN5O3/c1-13-10-16(23(25)26)19-22(13)12-17(24)21-8-6-20(7-9-21)11-14-4-2-3-5-15(14)18/h2-5,10H,6-9,11-12H2,1H3. The number of piperazine rings is 1. The molecule has 0 spiro atoms. The predicted octanol–water partition coefficient (Wildman–Crippen LogP) is 1.58. The van der Waals surface area contributed by atoms with Crippen molar-refractivity contribution < 1.29 is 14.1 Å². The van der Waals surface area contributed by atoms with Gasteiger partial charge in [-0.3, -0.25) is 9.69 Å². The molecule has 0 saturated carbocycles. The fraction of sp³-hybridized carbons (Fsp3) is 0.412. The Hall–Kier alpha value is -2.81. The highest BCUT2D eigenvalue weighted by Gasteiger charge is 2.24. The third-order valence-electron chi connectivity index (χ3n) is 4.52. The molecular formula is C17H20FN5O3. The third kappa shape index (κ3) is 4.05. The summed E-state index contributed by atoms with van der Waals surface area (Å²) >= 11 is 0. The molecule has 0 atom stereocenters. The van der Waals surface area contributed by atoms with Gasteiger partial charge in [-0.25, -0.2) is 4.39 Å². The number of aryl methyl sites for hydroxylation is 1. The van der Waals surface area contributed by atoms with Gasteiger partial charge in [0.15, 0.2) is 0 Å². The van der Waals surface area contributed by atoms with Gasteiger partial charge in [-0.05, 0) is 17.9 Å². The van der Waals surface area contributed by atoms with Crippen LogP contribution in [0.25, 0.3) is 0 Å². The SMILES string of the molecule is Cc1cc([N+](=O)[O-])nn1CC(=O)N1CCN(Cc2ccccc2F)CC1. The monoisotopic (exact) mass is 361 g/mol. The molecule has 0 radical (unpaired) electrons. The number of nitro groups is 1. The van der Waals surface area contributed by atoms with Gasteiger partial charge in [-0.15, -0.1) is 0 Å². The van der Waals surface area contributed by atoms with E-state index in [-0.39, 0.29) is 24.1 Å². The molecule has 1 amide bonds. The van der Waals surface area contributed by atoms with Gasteiger partial charge >= 0.3 is 5.82 Å². The topological polar surface area (TPSA) is 84.5 Å². The summed E-state index contributed by atoms with van der Waals surface area (Å²) in [6.45, 7) is 4.55. The molecular weight excluding hydrogens is 341 g/mol. The minimum atomic E-state index is -0.574. The number of hydrogen-bond donors (Lipinski definition) is 0. The summed E-state index contributed by atoms with van der Waals surface area (Å²) in [5, 5.41) is 14.6. The van der Waals surface area contributed by atoms with E-state index in [2.05, 4.69) is 10.00 Å². The van der Waals surface area contributed by atoms with E-state index in [1.54, 1.807) is 24.0 Å². The largest absolute Gasteiger partial charge is 0.390 e. The Morgan fingerprint density at radius 1 is 1.27 bits per heavy atom. The summed E-state index contributed by atoms with van der Waals surface area (Å²) in [4.78, 5) is 26.4. The minimum absolute atomic E-state index is 0.0208. The minimum Gasteiger partial charge on any atom is -0.358 e. The van der Waals surface area contributed by atoms with E-state index >= 15 is 0 Å². The van der Waals surface area contributed by atoms with Crippen molar-refractivity contribution in [2.45, 2.75) is 20.0 Å².